The smallest absolute Gasteiger partial charge is 0.399 e. The van der Waals surface area contributed by atoms with Gasteiger partial charge in [0.1, 0.15) is 0 Å². The van der Waals surface area contributed by atoms with E-state index in [9.17, 15) is 18.0 Å². The van der Waals surface area contributed by atoms with Crippen molar-refractivity contribution in [3.05, 3.63) is 23.8 Å². The minimum absolute atomic E-state index is 0.0768. The minimum atomic E-state index is -4.54. The van der Waals surface area contributed by atoms with Crippen LogP contribution < -0.4 is 16.4 Å². The predicted molar refractivity (Wildman–Crippen MR) is 51.8 cm³/mol. The molecule has 7 heteroatoms. The summed E-state index contributed by atoms with van der Waals surface area (Å²) in [5, 5.41) is 4.09. The predicted octanol–water partition coefficient (Wildman–Crippen LogP) is 2.01. The van der Waals surface area contributed by atoms with E-state index in [-0.39, 0.29) is 16.9 Å². The van der Waals surface area contributed by atoms with Crippen molar-refractivity contribution in [2.75, 3.05) is 11.1 Å². The Morgan fingerprint density at radius 1 is 1.31 bits per heavy atom. The van der Waals surface area contributed by atoms with E-state index in [0.29, 0.717) is 0 Å². The number of halogens is 3. The van der Waals surface area contributed by atoms with Crippen LogP contribution in [0.5, 0.6) is 0 Å². The third-order valence-corrected chi connectivity index (χ3v) is 2.24. The second kappa shape index (κ2) is 3.29. The number of nitrogens with two attached hydrogens (primary N) is 1. The molecule has 0 aliphatic carbocycles. The first-order valence-corrected chi connectivity index (χ1v) is 4.41. The second-order valence-electron chi connectivity index (χ2n) is 3.42. The molecule has 2 amide bonds. The van der Waals surface area contributed by atoms with Crippen LogP contribution in [0.3, 0.4) is 0 Å². The molecule has 1 atom stereocenters. The van der Waals surface area contributed by atoms with E-state index in [4.69, 9.17) is 5.73 Å². The van der Waals surface area contributed by atoms with Gasteiger partial charge in [-0.15, -0.1) is 0 Å². The fraction of sp³-hybridized carbons (Fsp3) is 0.222. The highest BCUT2D eigenvalue weighted by molar-refractivity contribution is 5.93. The van der Waals surface area contributed by atoms with Gasteiger partial charge in [-0.1, -0.05) is 0 Å². The Labute approximate surface area is 88.6 Å². The topological polar surface area (TPSA) is 67.1 Å². The molecule has 4 N–H and O–H groups in total. The first-order chi connectivity index (χ1) is 7.38. The molecule has 16 heavy (non-hydrogen) atoms. The number of benzene rings is 1. The number of urea groups is 1. The molecule has 1 unspecified atom stereocenters. The maximum atomic E-state index is 12.6. The minimum Gasteiger partial charge on any atom is -0.399 e. The average Bonchev–Trinajstić information content (AvgIpc) is 2.16. The molecule has 1 aliphatic heterocycles. The highest BCUT2D eigenvalue weighted by Crippen LogP contribution is 2.39. The molecule has 2 rings (SSSR count). The van der Waals surface area contributed by atoms with Gasteiger partial charge in [0.2, 0.25) is 0 Å². The summed E-state index contributed by atoms with van der Waals surface area (Å²) in [6, 6.07) is 1.08. The third kappa shape index (κ3) is 1.75. The first kappa shape index (κ1) is 10.6. The number of nitrogens with one attached hydrogen (secondary N) is 2. The summed E-state index contributed by atoms with van der Waals surface area (Å²) in [6.45, 7) is 0. The van der Waals surface area contributed by atoms with Crippen LogP contribution in [-0.4, -0.2) is 12.2 Å². The van der Waals surface area contributed by atoms with Gasteiger partial charge in [0, 0.05) is 16.9 Å². The summed E-state index contributed by atoms with van der Waals surface area (Å²) in [6.07, 6.45) is -4.54. The maximum absolute atomic E-state index is 12.6. The molecule has 86 valence electrons. The quantitative estimate of drug-likeness (QED) is 0.598. The Kier molecular flexibility index (Phi) is 2.18. The monoisotopic (exact) mass is 231 g/mol. The standard InChI is InChI=1S/C9H8F3N3O/c10-9(11,12)7-5-3-4(13)1-2-6(5)14-8(16)15-7/h1-3,7H,13H2,(H2,14,15,16). The molecule has 4 nitrogen and oxygen atoms in total. The molecular formula is C9H8F3N3O. The molecule has 1 aromatic carbocycles. The highest BCUT2D eigenvalue weighted by Gasteiger charge is 2.45. The summed E-state index contributed by atoms with van der Waals surface area (Å²) >= 11 is 0. The van der Waals surface area contributed by atoms with Crippen LogP contribution in [0.4, 0.5) is 29.3 Å². The second-order valence-corrected chi connectivity index (χ2v) is 3.42. The molecular weight excluding hydrogens is 223 g/mol. The Hall–Kier alpha value is -1.92. The van der Waals surface area contributed by atoms with Crippen molar-refractivity contribution in [2.24, 2.45) is 0 Å². The maximum Gasteiger partial charge on any atom is 0.413 e. The van der Waals surface area contributed by atoms with Crippen LogP contribution in [0.2, 0.25) is 0 Å². The third-order valence-electron chi connectivity index (χ3n) is 2.24. The molecule has 1 heterocycles. The van der Waals surface area contributed by atoms with Crippen molar-refractivity contribution < 1.29 is 18.0 Å². The van der Waals surface area contributed by atoms with Gasteiger partial charge in [-0.2, -0.15) is 13.2 Å². The van der Waals surface area contributed by atoms with Crippen molar-refractivity contribution in [2.45, 2.75) is 12.2 Å². The van der Waals surface area contributed by atoms with Crippen LogP contribution in [0.15, 0.2) is 18.2 Å². The van der Waals surface area contributed by atoms with Gasteiger partial charge in [0.15, 0.2) is 6.04 Å². The Morgan fingerprint density at radius 2 is 2.00 bits per heavy atom. The number of hydrogen-bond donors (Lipinski definition) is 3. The molecule has 0 fully saturated rings. The number of carbonyl (C=O) groups excluding carboxylic acids is 1. The van der Waals surface area contributed by atoms with Crippen molar-refractivity contribution in [3.8, 4) is 0 Å². The number of anilines is 2. The Morgan fingerprint density at radius 3 is 2.62 bits per heavy atom. The molecule has 0 bridgehead atoms. The number of amides is 2. The zero-order valence-corrected chi connectivity index (χ0v) is 7.93. The molecule has 0 radical (unpaired) electrons. The van der Waals surface area contributed by atoms with E-state index in [1.807, 2.05) is 5.32 Å². The largest absolute Gasteiger partial charge is 0.413 e. The zero-order chi connectivity index (χ0) is 11.9. The van der Waals surface area contributed by atoms with E-state index in [0.717, 1.165) is 0 Å². The van der Waals surface area contributed by atoms with Crippen molar-refractivity contribution in [1.29, 1.82) is 0 Å². The van der Waals surface area contributed by atoms with E-state index in [2.05, 4.69) is 5.32 Å². The zero-order valence-electron chi connectivity index (χ0n) is 7.93. The molecule has 0 spiro atoms. The summed E-state index contributed by atoms with van der Waals surface area (Å²) in [5.74, 6) is 0. The summed E-state index contributed by atoms with van der Waals surface area (Å²) < 4.78 is 37.9. The lowest BCUT2D eigenvalue weighted by molar-refractivity contribution is -0.155. The lowest BCUT2D eigenvalue weighted by atomic mass is 10.0. The van der Waals surface area contributed by atoms with Crippen molar-refractivity contribution in [3.63, 3.8) is 0 Å². The number of carbonyl (C=O) groups is 1. The number of rotatable bonds is 0. The van der Waals surface area contributed by atoms with Gasteiger partial charge in [0.05, 0.1) is 0 Å². The molecule has 0 aromatic heterocycles. The van der Waals surface area contributed by atoms with E-state index >= 15 is 0 Å². The van der Waals surface area contributed by atoms with Gasteiger partial charge in [0.25, 0.3) is 0 Å². The normalized spacial score (nSPS) is 19.7. The lowest BCUT2D eigenvalue weighted by Gasteiger charge is -2.28. The van der Waals surface area contributed by atoms with E-state index in [1.165, 1.54) is 18.2 Å². The number of nitrogen functional groups attached to an aromatic ring is 1. The van der Waals surface area contributed by atoms with Crippen LogP contribution in [0, 0.1) is 0 Å². The average molecular weight is 231 g/mol. The molecule has 1 aromatic rings. The molecule has 0 saturated heterocycles. The lowest BCUT2D eigenvalue weighted by Crippen LogP contribution is -2.44. The molecule has 0 saturated carbocycles. The molecule has 1 aliphatic rings. The SMILES string of the molecule is Nc1ccc2c(c1)C(C(F)(F)F)NC(=O)N2. The van der Waals surface area contributed by atoms with Crippen molar-refractivity contribution >= 4 is 17.4 Å². The van der Waals surface area contributed by atoms with Gasteiger partial charge in [-0.05, 0) is 18.2 Å². The van der Waals surface area contributed by atoms with E-state index in [1.54, 1.807) is 0 Å². The number of fused-ring (bicyclic) bond motifs is 1. The highest BCUT2D eigenvalue weighted by atomic mass is 19.4. The fourth-order valence-electron chi connectivity index (χ4n) is 1.56. The Bertz CT molecular complexity index is 444. The van der Waals surface area contributed by atoms with Crippen molar-refractivity contribution in [1.82, 2.24) is 5.32 Å². The van der Waals surface area contributed by atoms with E-state index < -0.39 is 18.2 Å². The summed E-state index contributed by atoms with van der Waals surface area (Å²) in [4.78, 5) is 11.0. The fourth-order valence-corrected chi connectivity index (χ4v) is 1.56. The number of alkyl halides is 3. The Balaban J connectivity index is 2.52. The van der Waals surface area contributed by atoms with Crippen LogP contribution in [0.1, 0.15) is 11.6 Å². The van der Waals surface area contributed by atoms with Gasteiger partial charge < -0.3 is 16.4 Å². The summed E-state index contributed by atoms with van der Waals surface area (Å²) in [7, 11) is 0. The van der Waals surface area contributed by atoms with Gasteiger partial charge in [-0.25, -0.2) is 4.79 Å². The van der Waals surface area contributed by atoms with Crippen LogP contribution in [-0.2, 0) is 0 Å². The van der Waals surface area contributed by atoms with Gasteiger partial charge in [-0.3, -0.25) is 0 Å². The first-order valence-electron chi connectivity index (χ1n) is 4.41. The van der Waals surface area contributed by atoms with Crippen LogP contribution in [0.25, 0.3) is 0 Å². The van der Waals surface area contributed by atoms with Gasteiger partial charge >= 0.3 is 12.2 Å². The number of hydrogen-bond acceptors (Lipinski definition) is 2. The summed E-state index contributed by atoms with van der Waals surface area (Å²) in [5.41, 5.74) is 5.68. The van der Waals surface area contributed by atoms with Crippen LogP contribution >= 0.6 is 0 Å².